The standard InChI is InChI=1S/C12H18ClNO2/c1-9(2)14-11(10(3)13)5-6-12-15-7-4-8-16-12/h12H,1,3-8H2,2H3. The van der Waals surface area contributed by atoms with Crippen LogP contribution in [0.1, 0.15) is 26.2 Å². The molecule has 0 unspecified atom stereocenters. The molecule has 0 N–H and O–H groups in total. The van der Waals surface area contributed by atoms with Crippen molar-refractivity contribution in [1.29, 1.82) is 0 Å². The number of rotatable bonds is 5. The molecule has 1 aliphatic rings. The number of halogens is 1. The minimum Gasteiger partial charge on any atom is -0.353 e. The van der Waals surface area contributed by atoms with E-state index < -0.39 is 0 Å². The summed E-state index contributed by atoms with van der Waals surface area (Å²) in [6.07, 6.45) is 2.27. The SMILES string of the molecule is C=C(C)N=C(CCC1OCCCO1)C(=C)Cl. The van der Waals surface area contributed by atoms with E-state index in [1.807, 2.05) is 6.92 Å². The fourth-order valence-corrected chi connectivity index (χ4v) is 1.58. The van der Waals surface area contributed by atoms with Gasteiger partial charge in [-0.05, 0) is 19.8 Å². The maximum absolute atomic E-state index is 5.86. The maximum Gasteiger partial charge on any atom is 0.157 e. The van der Waals surface area contributed by atoms with Crippen molar-refractivity contribution < 1.29 is 9.47 Å². The van der Waals surface area contributed by atoms with E-state index in [1.54, 1.807) is 0 Å². The zero-order chi connectivity index (χ0) is 12.0. The fraction of sp³-hybridized carbons (Fsp3) is 0.583. The smallest absolute Gasteiger partial charge is 0.157 e. The molecular weight excluding hydrogens is 226 g/mol. The second kappa shape index (κ2) is 6.84. The van der Waals surface area contributed by atoms with Crippen molar-refractivity contribution in [3.63, 3.8) is 0 Å². The summed E-state index contributed by atoms with van der Waals surface area (Å²) in [5, 5.41) is 0.457. The van der Waals surface area contributed by atoms with Crippen LogP contribution in [0.3, 0.4) is 0 Å². The molecule has 3 nitrogen and oxygen atoms in total. The molecule has 4 heteroatoms. The Morgan fingerprint density at radius 1 is 1.38 bits per heavy atom. The first-order valence-electron chi connectivity index (χ1n) is 5.40. The zero-order valence-electron chi connectivity index (χ0n) is 9.67. The lowest BCUT2D eigenvalue weighted by atomic mass is 10.2. The Labute approximate surface area is 102 Å². The summed E-state index contributed by atoms with van der Waals surface area (Å²) in [5.74, 6) is 0. The molecule has 0 aromatic heterocycles. The van der Waals surface area contributed by atoms with Gasteiger partial charge in [0, 0.05) is 12.1 Å². The molecular formula is C12H18ClNO2. The molecule has 1 aliphatic heterocycles. The van der Waals surface area contributed by atoms with Gasteiger partial charge in [-0.15, -0.1) is 0 Å². The first-order valence-corrected chi connectivity index (χ1v) is 5.78. The van der Waals surface area contributed by atoms with Crippen LogP contribution in [0, 0.1) is 0 Å². The molecule has 0 aromatic rings. The van der Waals surface area contributed by atoms with Gasteiger partial charge >= 0.3 is 0 Å². The van der Waals surface area contributed by atoms with Crippen LogP contribution in [0.15, 0.2) is 28.9 Å². The van der Waals surface area contributed by atoms with Crippen molar-refractivity contribution in [3.05, 3.63) is 23.9 Å². The van der Waals surface area contributed by atoms with E-state index in [-0.39, 0.29) is 6.29 Å². The highest BCUT2D eigenvalue weighted by atomic mass is 35.5. The lowest BCUT2D eigenvalue weighted by Crippen LogP contribution is -2.25. The van der Waals surface area contributed by atoms with Gasteiger partial charge in [-0.25, -0.2) is 0 Å². The van der Waals surface area contributed by atoms with Crippen LogP contribution in [0.2, 0.25) is 0 Å². The monoisotopic (exact) mass is 243 g/mol. The Balaban J connectivity index is 2.43. The minimum atomic E-state index is -0.139. The highest BCUT2D eigenvalue weighted by molar-refractivity contribution is 6.43. The molecule has 90 valence electrons. The fourth-order valence-electron chi connectivity index (χ4n) is 1.44. The van der Waals surface area contributed by atoms with Gasteiger partial charge in [0.1, 0.15) is 0 Å². The van der Waals surface area contributed by atoms with Crippen LogP contribution in [-0.4, -0.2) is 25.2 Å². The summed E-state index contributed by atoms with van der Waals surface area (Å²) in [6.45, 7) is 10.8. The summed E-state index contributed by atoms with van der Waals surface area (Å²) in [7, 11) is 0. The molecule has 0 aliphatic carbocycles. The Morgan fingerprint density at radius 2 is 2.00 bits per heavy atom. The average molecular weight is 244 g/mol. The van der Waals surface area contributed by atoms with Gasteiger partial charge in [0.25, 0.3) is 0 Å². The van der Waals surface area contributed by atoms with Gasteiger partial charge in [0.2, 0.25) is 0 Å². The third-order valence-electron chi connectivity index (χ3n) is 2.15. The number of ether oxygens (including phenoxy) is 2. The van der Waals surface area contributed by atoms with E-state index in [2.05, 4.69) is 18.2 Å². The van der Waals surface area contributed by atoms with Crippen molar-refractivity contribution >= 4 is 17.3 Å². The third-order valence-corrected chi connectivity index (χ3v) is 2.37. The van der Waals surface area contributed by atoms with Crippen LogP contribution in [0.4, 0.5) is 0 Å². The second-order valence-electron chi connectivity index (χ2n) is 3.76. The molecule has 1 heterocycles. The molecule has 1 fully saturated rings. The molecule has 1 rings (SSSR count). The van der Waals surface area contributed by atoms with Gasteiger partial charge in [-0.1, -0.05) is 24.8 Å². The van der Waals surface area contributed by atoms with Crippen LogP contribution in [-0.2, 0) is 9.47 Å². The van der Waals surface area contributed by atoms with E-state index in [0.717, 1.165) is 37.5 Å². The number of hydrogen-bond acceptors (Lipinski definition) is 3. The van der Waals surface area contributed by atoms with Crippen LogP contribution < -0.4 is 0 Å². The summed E-state index contributed by atoms with van der Waals surface area (Å²) in [4.78, 5) is 4.24. The highest BCUT2D eigenvalue weighted by Crippen LogP contribution is 2.15. The van der Waals surface area contributed by atoms with E-state index in [4.69, 9.17) is 21.1 Å². The van der Waals surface area contributed by atoms with Crippen LogP contribution in [0.5, 0.6) is 0 Å². The minimum absolute atomic E-state index is 0.139. The average Bonchev–Trinajstić information content (AvgIpc) is 2.25. The molecule has 16 heavy (non-hydrogen) atoms. The summed E-state index contributed by atoms with van der Waals surface area (Å²) < 4.78 is 10.9. The van der Waals surface area contributed by atoms with Gasteiger partial charge in [0.15, 0.2) is 6.29 Å². The normalized spacial score (nSPS) is 18.5. The second-order valence-corrected chi connectivity index (χ2v) is 4.22. The molecule has 0 saturated carbocycles. The highest BCUT2D eigenvalue weighted by Gasteiger charge is 2.15. The van der Waals surface area contributed by atoms with Gasteiger partial charge in [0.05, 0.1) is 24.0 Å². The predicted octanol–water partition coefficient (Wildman–Crippen LogP) is 3.26. The Kier molecular flexibility index (Phi) is 5.74. The molecule has 0 bridgehead atoms. The van der Waals surface area contributed by atoms with E-state index >= 15 is 0 Å². The summed E-state index contributed by atoms with van der Waals surface area (Å²) in [5.41, 5.74) is 1.48. The summed E-state index contributed by atoms with van der Waals surface area (Å²) in [6, 6.07) is 0. The maximum atomic E-state index is 5.86. The molecule has 0 amide bonds. The molecule has 0 atom stereocenters. The number of hydrogen-bond donors (Lipinski definition) is 0. The van der Waals surface area contributed by atoms with Crippen molar-refractivity contribution in [2.75, 3.05) is 13.2 Å². The van der Waals surface area contributed by atoms with Crippen LogP contribution >= 0.6 is 11.6 Å². The lowest BCUT2D eigenvalue weighted by Gasteiger charge is -2.23. The summed E-state index contributed by atoms with van der Waals surface area (Å²) >= 11 is 5.86. The van der Waals surface area contributed by atoms with E-state index in [1.165, 1.54) is 0 Å². The molecule has 1 saturated heterocycles. The zero-order valence-corrected chi connectivity index (χ0v) is 10.4. The van der Waals surface area contributed by atoms with Gasteiger partial charge in [-0.3, -0.25) is 4.99 Å². The van der Waals surface area contributed by atoms with Crippen LogP contribution in [0.25, 0.3) is 0 Å². The van der Waals surface area contributed by atoms with Crippen molar-refractivity contribution in [1.82, 2.24) is 0 Å². The van der Waals surface area contributed by atoms with E-state index in [0.29, 0.717) is 11.5 Å². The molecule has 0 spiro atoms. The van der Waals surface area contributed by atoms with Crippen molar-refractivity contribution in [2.45, 2.75) is 32.5 Å². The molecule has 0 radical (unpaired) electrons. The first kappa shape index (κ1) is 13.4. The van der Waals surface area contributed by atoms with Gasteiger partial charge in [-0.2, -0.15) is 0 Å². The Morgan fingerprint density at radius 3 is 2.50 bits per heavy atom. The van der Waals surface area contributed by atoms with Crippen molar-refractivity contribution in [2.24, 2.45) is 4.99 Å². The number of allylic oxidation sites excluding steroid dienone is 2. The number of aliphatic imine (C=N–C) groups is 1. The Bertz CT molecular complexity index is 293. The predicted molar refractivity (Wildman–Crippen MR) is 66.8 cm³/mol. The molecule has 0 aromatic carbocycles. The van der Waals surface area contributed by atoms with E-state index in [9.17, 15) is 0 Å². The van der Waals surface area contributed by atoms with Crippen molar-refractivity contribution in [3.8, 4) is 0 Å². The lowest BCUT2D eigenvalue weighted by molar-refractivity contribution is -0.180. The van der Waals surface area contributed by atoms with Gasteiger partial charge < -0.3 is 9.47 Å². The Hall–Kier alpha value is -0.640. The quantitative estimate of drug-likeness (QED) is 0.694. The third kappa shape index (κ3) is 4.92. The number of nitrogens with zero attached hydrogens (tertiary/aromatic N) is 1. The largest absolute Gasteiger partial charge is 0.353 e. The topological polar surface area (TPSA) is 30.8 Å². The first-order chi connectivity index (χ1) is 7.59.